The molecular formula is C31H32N4O2S. The molecule has 0 unspecified atom stereocenters. The molecule has 0 aliphatic carbocycles. The Bertz CT molecular complexity index is 1460. The van der Waals surface area contributed by atoms with E-state index in [4.69, 9.17) is 17.0 Å². The van der Waals surface area contributed by atoms with Crippen LogP contribution in [0.4, 0.5) is 5.69 Å². The third kappa shape index (κ3) is 4.58. The second kappa shape index (κ2) is 10.4. The van der Waals surface area contributed by atoms with Crippen molar-refractivity contribution in [2.24, 2.45) is 0 Å². The molecule has 4 aromatic rings. The van der Waals surface area contributed by atoms with Gasteiger partial charge >= 0.3 is 5.97 Å². The highest BCUT2D eigenvalue weighted by Crippen LogP contribution is 2.44. The van der Waals surface area contributed by atoms with Crippen molar-refractivity contribution in [3.05, 3.63) is 113 Å². The van der Waals surface area contributed by atoms with Gasteiger partial charge in [0.2, 0.25) is 0 Å². The Morgan fingerprint density at radius 2 is 1.68 bits per heavy atom. The second-order valence-electron chi connectivity index (χ2n) is 9.94. The molecule has 2 atom stereocenters. The lowest BCUT2D eigenvalue weighted by Crippen LogP contribution is -2.29. The van der Waals surface area contributed by atoms with Gasteiger partial charge in [0.1, 0.15) is 0 Å². The molecule has 194 valence electrons. The quantitative estimate of drug-likeness (QED) is 0.227. The van der Waals surface area contributed by atoms with Gasteiger partial charge in [0.05, 0.1) is 30.5 Å². The molecule has 1 aliphatic heterocycles. The van der Waals surface area contributed by atoms with Gasteiger partial charge in [0.25, 0.3) is 0 Å². The van der Waals surface area contributed by atoms with Crippen LogP contribution < -0.4 is 10.2 Å². The van der Waals surface area contributed by atoms with Crippen molar-refractivity contribution in [2.45, 2.75) is 45.7 Å². The molecule has 0 bridgehead atoms. The minimum Gasteiger partial charge on any atom is -0.465 e. The van der Waals surface area contributed by atoms with Crippen LogP contribution in [-0.4, -0.2) is 27.7 Å². The Kier molecular flexibility index (Phi) is 7.04. The van der Waals surface area contributed by atoms with E-state index >= 15 is 0 Å². The number of aryl methyl sites for hydroxylation is 1. The predicted octanol–water partition coefficient (Wildman–Crippen LogP) is 6.58. The van der Waals surface area contributed by atoms with Crippen LogP contribution in [0.2, 0.25) is 0 Å². The number of anilines is 1. The summed E-state index contributed by atoms with van der Waals surface area (Å²) < 4.78 is 7.08. The van der Waals surface area contributed by atoms with E-state index in [0.29, 0.717) is 16.6 Å². The van der Waals surface area contributed by atoms with Crippen LogP contribution in [0.25, 0.3) is 5.69 Å². The van der Waals surface area contributed by atoms with Crippen LogP contribution in [-0.2, 0) is 4.74 Å². The number of nitrogens with zero attached hydrogens (tertiary/aromatic N) is 3. The summed E-state index contributed by atoms with van der Waals surface area (Å²) in [6, 6.07) is 24.2. The van der Waals surface area contributed by atoms with E-state index in [1.807, 2.05) is 36.5 Å². The van der Waals surface area contributed by atoms with Crippen LogP contribution in [0.3, 0.4) is 0 Å². The lowest BCUT2D eigenvalue weighted by molar-refractivity contribution is 0.0600. The third-order valence-corrected chi connectivity index (χ3v) is 7.59. The number of benzene rings is 2. The van der Waals surface area contributed by atoms with Gasteiger partial charge in [0.15, 0.2) is 5.11 Å². The zero-order valence-corrected chi connectivity index (χ0v) is 23.1. The summed E-state index contributed by atoms with van der Waals surface area (Å²) in [6.07, 6.45) is 1.82. The molecule has 38 heavy (non-hydrogen) atoms. The number of ether oxygens (including phenoxy) is 1. The number of carbonyl (C=O) groups excluding carboxylic acids is 1. The fourth-order valence-electron chi connectivity index (χ4n) is 5.32. The molecule has 1 N–H and O–H groups in total. The summed E-state index contributed by atoms with van der Waals surface area (Å²) in [5.74, 6) is 0.107. The van der Waals surface area contributed by atoms with Crippen LogP contribution in [0.1, 0.15) is 70.4 Å². The second-order valence-corrected chi connectivity index (χ2v) is 10.3. The summed E-state index contributed by atoms with van der Waals surface area (Å²) in [7, 11) is 1.39. The number of nitrogens with one attached hydrogen (secondary N) is 1. The lowest BCUT2D eigenvalue weighted by atomic mass is 9.96. The SMILES string of the molecule is COC(=O)c1ccc(-n2c(C)cc([C@H]3[C@@H](c4ccccn4)NC(=S)N3c3ccc(C(C)C)cc3)c2C)cc1. The zero-order valence-electron chi connectivity index (χ0n) is 22.3. The molecule has 7 heteroatoms. The first-order valence-electron chi connectivity index (χ1n) is 12.8. The zero-order chi connectivity index (χ0) is 27.0. The van der Waals surface area contributed by atoms with Gasteiger partial charge in [-0.1, -0.05) is 32.0 Å². The molecule has 2 aromatic heterocycles. The van der Waals surface area contributed by atoms with E-state index in [9.17, 15) is 4.79 Å². The molecular weight excluding hydrogens is 492 g/mol. The molecule has 6 nitrogen and oxygen atoms in total. The van der Waals surface area contributed by atoms with E-state index in [1.165, 1.54) is 12.7 Å². The topological polar surface area (TPSA) is 59.4 Å². The summed E-state index contributed by atoms with van der Waals surface area (Å²) in [6.45, 7) is 8.63. The Balaban J connectivity index is 1.61. The van der Waals surface area contributed by atoms with Gasteiger partial charge in [-0.05, 0) is 97.7 Å². The fourth-order valence-corrected chi connectivity index (χ4v) is 5.66. The van der Waals surface area contributed by atoms with Crippen molar-refractivity contribution in [3.63, 3.8) is 0 Å². The maximum Gasteiger partial charge on any atom is 0.337 e. The maximum atomic E-state index is 11.9. The molecule has 0 radical (unpaired) electrons. The van der Waals surface area contributed by atoms with Crippen LogP contribution in [0.5, 0.6) is 0 Å². The molecule has 1 aliphatic rings. The number of rotatable bonds is 6. The average molecular weight is 525 g/mol. The van der Waals surface area contributed by atoms with Crippen molar-refractivity contribution < 1.29 is 9.53 Å². The Morgan fingerprint density at radius 3 is 2.29 bits per heavy atom. The number of hydrogen-bond donors (Lipinski definition) is 1. The molecule has 1 fully saturated rings. The predicted molar refractivity (Wildman–Crippen MR) is 155 cm³/mol. The maximum absolute atomic E-state index is 11.9. The van der Waals surface area contributed by atoms with Crippen molar-refractivity contribution in [3.8, 4) is 5.69 Å². The van der Waals surface area contributed by atoms with Crippen LogP contribution in [0, 0.1) is 13.8 Å². The molecule has 2 aromatic carbocycles. The highest BCUT2D eigenvalue weighted by atomic mass is 32.1. The van der Waals surface area contributed by atoms with E-state index in [-0.39, 0.29) is 18.1 Å². The number of hydrogen-bond acceptors (Lipinski definition) is 4. The average Bonchev–Trinajstić information content (AvgIpc) is 3.43. The Hall–Kier alpha value is -3.97. The van der Waals surface area contributed by atoms with Gasteiger partial charge in [-0.3, -0.25) is 4.98 Å². The minimum atomic E-state index is -0.346. The van der Waals surface area contributed by atoms with Gasteiger partial charge in [-0.15, -0.1) is 0 Å². The van der Waals surface area contributed by atoms with Gasteiger partial charge < -0.3 is 19.5 Å². The van der Waals surface area contributed by atoms with E-state index in [1.54, 1.807) is 12.1 Å². The highest BCUT2D eigenvalue weighted by Gasteiger charge is 2.42. The standard InChI is InChI=1S/C31H32N4O2S/c1-19(2)22-9-13-25(14-10-22)35-29(28(33-31(35)38)27-8-6-7-17-32-27)26-18-20(3)34(21(26)4)24-15-11-23(12-16-24)30(36)37-5/h6-19,28-29H,1-5H3,(H,33,38)/t28-,29+/m1/s1. The molecule has 3 heterocycles. The highest BCUT2D eigenvalue weighted by molar-refractivity contribution is 7.80. The van der Waals surface area contributed by atoms with Crippen molar-refractivity contribution in [1.29, 1.82) is 0 Å². The van der Waals surface area contributed by atoms with Gasteiger partial charge in [-0.2, -0.15) is 0 Å². The first-order chi connectivity index (χ1) is 18.3. The molecule has 5 rings (SSSR count). The number of pyridine rings is 1. The number of carbonyl (C=O) groups is 1. The number of thiocarbonyl (C=S) groups is 1. The van der Waals surface area contributed by atoms with E-state index in [2.05, 4.69) is 77.8 Å². The number of methoxy groups -OCH3 is 1. The normalized spacial score (nSPS) is 17.1. The molecule has 0 spiro atoms. The van der Waals surface area contributed by atoms with Gasteiger partial charge in [-0.25, -0.2) is 4.79 Å². The summed E-state index contributed by atoms with van der Waals surface area (Å²) in [5, 5.41) is 4.24. The van der Waals surface area contributed by atoms with Crippen molar-refractivity contribution in [2.75, 3.05) is 12.0 Å². The van der Waals surface area contributed by atoms with Crippen LogP contribution >= 0.6 is 12.2 Å². The molecule has 1 saturated heterocycles. The number of esters is 1. The smallest absolute Gasteiger partial charge is 0.337 e. The fraction of sp³-hybridized carbons (Fsp3) is 0.258. The first kappa shape index (κ1) is 25.7. The van der Waals surface area contributed by atoms with Crippen molar-refractivity contribution >= 4 is 29.0 Å². The van der Waals surface area contributed by atoms with E-state index < -0.39 is 0 Å². The minimum absolute atomic E-state index is 0.100. The Labute approximate surface area is 229 Å². The largest absolute Gasteiger partial charge is 0.465 e. The van der Waals surface area contributed by atoms with Crippen molar-refractivity contribution in [1.82, 2.24) is 14.9 Å². The van der Waals surface area contributed by atoms with Gasteiger partial charge in [0, 0.05) is 29.0 Å². The molecule has 0 amide bonds. The van der Waals surface area contributed by atoms with E-state index in [0.717, 1.165) is 34.0 Å². The summed E-state index contributed by atoms with van der Waals surface area (Å²) >= 11 is 5.92. The first-order valence-corrected chi connectivity index (χ1v) is 13.2. The molecule has 0 saturated carbocycles. The summed E-state index contributed by atoms with van der Waals surface area (Å²) in [5.41, 5.74) is 8.14. The lowest BCUT2D eigenvalue weighted by Gasteiger charge is -2.28. The Morgan fingerprint density at radius 1 is 1.00 bits per heavy atom. The number of aromatic nitrogens is 2. The summed E-state index contributed by atoms with van der Waals surface area (Å²) in [4.78, 5) is 18.8. The third-order valence-electron chi connectivity index (χ3n) is 7.27. The van der Waals surface area contributed by atoms with Crippen LogP contribution in [0.15, 0.2) is 79.0 Å². The monoisotopic (exact) mass is 524 g/mol.